The summed E-state index contributed by atoms with van der Waals surface area (Å²) in [6.07, 6.45) is -0.407. The molecular formula is C16H16FNO6S. The minimum Gasteiger partial charge on any atom is -0.495 e. The number of methoxy groups -OCH3 is 1. The van der Waals surface area contributed by atoms with Gasteiger partial charge in [0, 0.05) is 6.07 Å². The Hall–Kier alpha value is -2.39. The maximum absolute atomic E-state index is 13.4. The first-order chi connectivity index (χ1) is 11.8. The summed E-state index contributed by atoms with van der Waals surface area (Å²) in [5.41, 5.74) is -0.539. The summed E-state index contributed by atoms with van der Waals surface area (Å²) in [6, 6.07) is 6.06. The van der Waals surface area contributed by atoms with E-state index < -0.39 is 27.6 Å². The minimum atomic E-state index is -3.90. The van der Waals surface area contributed by atoms with E-state index in [1.807, 2.05) is 0 Å². The van der Waals surface area contributed by atoms with Crippen molar-refractivity contribution in [1.82, 2.24) is 4.31 Å². The van der Waals surface area contributed by atoms with E-state index in [-0.39, 0.29) is 23.7 Å². The molecule has 25 heavy (non-hydrogen) atoms. The third-order valence-electron chi connectivity index (χ3n) is 3.73. The van der Waals surface area contributed by atoms with Gasteiger partial charge in [0.2, 0.25) is 10.0 Å². The fourth-order valence-corrected chi connectivity index (χ4v) is 4.17. The van der Waals surface area contributed by atoms with Gasteiger partial charge in [0.15, 0.2) is 0 Å². The van der Waals surface area contributed by atoms with E-state index in [1.165, 1.54) is 19.2 Å². The molecule has 2 heterocycles. The average Bonchev–Trinajstić information content (AvgIpc) is 2.49. The molecule has 1 aromatic heterocycles. The molecule has 1 saturated heterocycles. The van der Waals surface area contributed by atoms with Crippen molar-refractivity contribution in [2.75, 3.05) is 20.2 Å². The second-order valence-corrected chi connectivity index (χ2v) is 7.49. The zero-order valence-corrected chi connectivity index (χ0v) is 14.4. The molecule has 1 aromatic carbocycles. The zero-order chi connectivity index (χ0) is 18.2. The summed E-state index contributed by atoms with van der Waals surface area (Å²) in [6.45, 7) is 1.78. The van der Waals surface area contributed by atoms with Gasteiger partial charge in [0.25, 0.3) is 0 Å². The predicted octanol–water partition coefficient (Wildman–Crippen LogP) is 1.55. The van der Waals surface area contributed by atoms with Crippen LogP contribution in [0.1, 0.15) is 5.76 Å². The van der Waals surface area contributed by atoms with Crippen molar-refractivity contribution >= 4 is 10.0 Å². The molecule has 0 bridgehead atoms. The number of rotatable bonds is 5. The minimum absolute atomic E-state index is 0.0714. The van der Waals surface area contributed by atoms with Crippen LogP contribution in [0.5, 0.6) is 11.5 Å². The number of sulfonamides is 1. The molecule has 3 rings (SSSR count). The van der Waals surface area contributed by atoms with Crippen LogP contribution in [0.3, 0.4) is 0 Å². The van der Waals surface area contributed by atoms with E-state index in [4.69, 9.17) is 13.9 Å². The van der Waals surface area contributed by atoms with E-state index in [2.05, 4.69) is 0 Å². The van der Waals surface area contributed by atoms with Crippen molar-refractivity contribution in [2.45, 2.75) is 17.9 Å². The molecule has 2 aromatic rings. The monoisotopic (exact) mass is 369 g/mol. The summed E-state index contributed by atoms with van der Waals surface area (Å²) in [5, 5.41) is 0. The highest BCUT2D eigenvalue weighted by molar-refractivity contribution is 7.89. The van der Waals surface area contributed by atoms with Gasteiger partial charge in [-0.25, -0.2) is 17.6 Å². The number of ether oxygens (including phenoxy) is 2. The van der Waals surface area contributed by atoms with Gasteiger partial charge < -0.3 is 13.9 Å². The number of hydrogen-bond donors (Lipinski definition) is 0. The van der Waals surface area contributed by atoms with Crippen LogP contribution in [-0.2, 0) is 10.0 Å². The van der Waals surface area contributed by atoms with Crippen molar-refractivity contribution in [2.24, 2.45) is 0 Å². The highest BCUT2D eigenvalue weighted by Gasteiger charge is 2.39. The average molecular weight is 369 g/mol. The predicted molar refractivity (Wildman–Crippen MR) is 85.8 cm³/mol. The lowest BCUT2D eigenvalue weighted by Gasteiger charge is -2.37. The molecule has 1 aliphatic rings. The molecule has 1 aliphatic heterocycles. The maximum atomic E-state index is 13.4. The number of benzene rings is 1. The Morgan fingerprint density at radius 2 is 1.96 bits per heavy atom. The Balaban J connectivity index is 1.73. The van der Waals surface area contributed by atoms with Gasteiger partial charge in [-0.1, -0.05) is 0 Å². The lowest BCUT2D eigenvalue weighted by Crippen LogP contribution is -2.56. The molecule has 9 heteroatoms. The lowest BCUT2D eigenvalue weighted by atomic mass is 10.2. The van der Waals surface area contributed by atoms with Crippen LogP contribution in [0.25, 0.3) is 0 Å². The van der Waals surface area contributed by atoms with Crippen molar-refractivity contribution < 1.29 is 26.7 Å². The van der Waals surface area contributed by atoms with E-state index >= 15 is 0 Å². The third-order valence-corrected chi connectivity index (χ3v) is 5.58. The molecule has 0 aliphatic carbocycles. The summed E-state index contributed by atoms with van der Waals surface area (Å²) >= 11 is 0. The van der Waals surface area contributed by atoms with Crippen molar-refractivity contribution in [3.05, 3.63) is 52.3 Å². The standard InChI is InChI=1S/C16H16FNO6S/c1-10-5-12(7-16(19)23-10)24-13-8-18(9-13)25(20,21)15-6-11(17)3-4-14(15)22-2/h3-7,13H,8-9H2,1-2H3. The van der Waals surface area contributed by atoms with E-state index in [0.29, 0.717) is 11.5 Å². The van der Waals surface area contributed by atoms with Crippen LogP contribution in [-0.4, -0.2) is 39.0 Å². The van der Waals surface area contributed by atoms with Gasteiger partial charge in [-0.15, -0.1) is 0 Å². The quantitative estimate of drug-likeness (QED) is 0.795. The first-order valence-electron chi connectivity index (χ1n) is 7.42. The van der Waals surface area contributed by atoms with Crippen LogP contribution >= 0.6 is 0 Å². The van der Waals surface area contributed by atoms with Crippen LogP contribution in [0, 0.1) is 12.7 Å². The largest absolute Gasteiger partial charge is 0.495 e. The van der Waals surface area contributed by atoms with Gasteiger partial charge in [0.1, 0.15) is 34.1 Å². The Morgan fingerprint density at radius 1 is 1.24 bits per heavy atom. The van der Waals surface area contributed by atoms with E-state index in [0.717, 1.165) is 16.4 Å². The molecule has 134 valence electrons. The third kappa shape index (κ3) is 3.52. The molecule has 0 atom stereocenters. The summed E-state index contributed by atoms with van der Waals surface area (Å²) < 4.78 is 55.2. The second-order valence-electron chi connectivity index (χ2n) is 5.58. The highest BCUT2D eigenvalue weighted by atomic mass is 32.2. The number of nitrogens with zero attached hydrogens (tertiary/aromatic N) is 1. The number of hydrogen-bond acceptors (Lipinski definition) is 6. The Morgan fingerprint density at radius 3 is 2.60 bits per heavy atom. The highest BCUT2D eigenvalue weighted by Crippen LogP contribution is 2.31. The summed E-state index contributed by atoms with van der Waals surface area (Å²) in [5.74, 6) is 0.121. The normalized spacial score (nSPS) is 15.6. The molecule has 0 amide bonds. The van der Waals surface area contributed by atoms with E-state index in [9.17, 15) is 17.6 Å². The van der Waals surface area contributed by atoms with Crippen LogP contribution in [0.2, 0.25) is 0 Å². The number of aryl methyl sites for hydroxylation is 1. The Labute approximate surface area is 143 Å². The Kier molecular flexibility index (Phi) is 4.53. The fourth-order valence-electron chi connectivity index (χ4n) is 2.50. The first-order valence-corrected chi connectivity index (χ1v) is 8.86. The van der Waals surface area contributed by atoms with Gasteiger partial charge in [-0.2, -0.15) is 4.31 Å². The maximum Gasteiger partial charge on any atom is 0.339 e. The molecular weight excluding hydrogens is 353 g/mol. The molecule has 0 radical (unpaired) electrons. The van der Waals surface area contributed by atoms with Gasteiger partial charge in [0.05, 0.1) is 26.3 Å². The molecule has 0 N–H and O–H groups in total. The molecule has 0 spiro atoms. The van der Waals surface area contributed by atoms with Crippen LogP contribution < -0.4 is 15.1 Å². The first kappa shape index (κ1) is 17.4. The second kappa shape index (κ2) is 6.49. The topological polar surface area (TPSA) is 86.1 Å². The smallest absolute Gasteiger partial charge is 0.339 e. The van der Waals surface area contributed by atoms with E-state index in [1.54, 1.807) is 13.0 Å². The van der Waals surface area contributed by atoms with Gasteiger partial charge in [-0.05, 0) is 25.1 Å². The fraction of sp³-hybridized carbons (Fsp3) is 0.312. The van der Waals surface area contributed by atoms with Gasteiger partial charge in [-0.3, -0.25) is 0 Å². The van der Waals surface area contributed by atoms with Gasteiger partial charge >= 0.3 is 5.63 Å². The van der Waals surface area contributed by atoms with Crippen LogP contribution in [0.15, 0.2) is 44.4 Å². The zero-order valence-electron chi connectivity index (χ0n) is 13.6. The summed E-state index contributed by atoms with van der Waals surface area (Å²) in [7, 11) is -2.58. The van der Waals surface area contributed by atoms with Crippen molar-refractivity contribution in [1.29, 1.82) is 0 Å². The van der Waals surface area contributed by atoms with Crippen molar-refractivity contribution in [3.8, 4) is 11.5 Å². The summed E-state index contributed by atoms with van der Waals surface area (Å²) in [4.78, 5) is 11.1. The molecule has 0 saturated carbocycles. The SMILES string of the molecule is COc1ccc(F)cc1S(=O)(=O)N1CC(Oc2cc(C)oc(=O)c2)C1. The molecule has 1 fully saturated rings. The lowest BCUT2D eigenvalue weighted by molar-refractivity contribution is 0.0753. The Bertz CT molecular complexity index is 949. The van der Waals surface area contributed by atoms with Crippen LogP contribution in [0.4, 0.5) is 4.39 Å². The van der Waals surface area contributed by atoms with Crippen molar-refractivity contribution in [3.63, 3.8) is 0 Å². The molecule has 0 unspecified atom stereocenters. The molecule has 7 nitrogen and oxygen atoms in total. The number of halogens is 1.